The molecular weight excluding hydrogens is 402 g/mol. The van der Waals surface area contributed by atoms with Gasteiger partial charge >= 0.3 is 5.97 Å². The van der Waals surface area contributed by atoms with Gasteiger partial charge in [0.25, 0.3) is 0 Å². The minimum Gasteiger partial charge on any atom is -0.481 e. The molecule has 1 aliphatic heterocycles. The summed E-state index contributed by atoms with van der Waals surface area (Å²) < 4.78 is 2.06. The van der Waals surface area contributed by atoms with Gasteiger partial charge in [0, 0.05) is 36.2 Å². The van der Waals surface area contributed by atoms with E-state index >= 15 is 0 Å². The van der Waals surface area contributed by atoms with Crippen LogP contribution in [0.15, 0.2) is 48.7 Å². The lowest BCUT2D eigenvalue weighted by atomic mass is 10.0. The van der Waals surface area contributed by atoms with Crippen molar-refractivity contribution in [3.8, 4) is 11.3 Å². The minimum absolute atomic E-state index is 0.00271. The van der Waals surface area contributed by atoms with Crippen molar-refractivity contribution in [3.63, 3.8) is 0 Å². The number of carboxylic acids is 1. The molecule has 30 heavy (non-hydrogen) atoms. The van der Waals surface area contributed by atoms with Gasteiger partial charge in [0.15, 0.2) is 0 Å². The average molecular weight is 426 g/mol. The van der Waals surface area contributed by atoms with Crippen molar-refractivity contribution in [2.24, 2.45) is 5.92 Å². The Bertz CT molecular complexity index is 1080. The molecule has 1 aliphatic rings. The molecule has 156 valence electrons. The standard InChI is InChI=1S/C23H24ClN3O3/c1-15(14-21(29)30)13-20(28)26-12-4-6-19(26)23-25-22(16-7-9-17(24)10-8-16)18-5-2-3-11-27(18)23/h2-3,5,7-11,15,19H,4,6,12-14H2,1H3,(H,29,30). The highest BCUT2D eigenvalue weighted by molar-refractivity contribution is 6.30. The molecular formula is C23H24ClN3O3. The first-order valence-electron chi connectivity index (χ1n) is 10.2. The van der Waals surface area contributed by atoms with Gasteiger partial charge in [-0.3, -0.25) is 9.59 Å². The molecule has 6 nitrogen and oxygen atoms in total. The Morgan fingerprint density at radius 1 is 1.20 bits per heavy atom. The molecule has 4 rings (SSSR count). The van der Waals surface area contributed by atoms with E-state index in [0.717, 1.165) is 35.4 Å². The predicted octanol–water partition coefficient (Wildman–Crippen LogP) is 4.82. The Hall–Kier alpha value is -2.86. The van der Waals surface area contributed by atoms with Crippen LogP contribution in [0.4, 0.5) is 0 Å². The van der Waals surface area contributed by atoms with Crippen LogP contribution in [0.3, 0.4) is 0 Å². The Balaban J connectivity index is 1.67. The number of benzene rings is 1. The summed E-state index contributed by atoms with van der Waals surface area (Å²) >= 11 is 6.05. The SMILES string of the molecule is CC(CC(=O)O)CC(=O)N1CCCC1c1nc(-c2ccc(Cl)cc2)c2ccccn12. The first kappa shape index (κ1) is 20.4. The van der Waals surface area contributed by atoms with Gasteiger partial charge in [-0.05, 0) is 43.0 Å². The number of pyridine rings is 1. The second-order valence-corrected chi connectivity index (χ2v) is 8.37. The van der Waals surface area contributed by atoms with E-state index in [-0.39, 0.29) is 30.7 Å². The number of rotatable bonds is 6. The number of fused-ring (bicyclic) bond motifs is 1. The lowest BCUT2D eigenvalue weighted by Gasteiger charge is -2.25. The van der Waals surface area contributed by atoms with E-state index < -0.39 is 5.97 Å². The minimum atomic E-state index is -0.875. The Morgan fingerprint density at radius 3 is 2.70 bits per heavy atom. The number of halogens is 1. The van der Waals surface area contributed by atoms with Gasteiger partial charge in [-0.1, -0.05) is 36.7 Å². The third-order valence-corrected chi connectivity index (χ3v) is 5.86. The summed E-state index contributed by atoms with van der Waals surface area (Å²) in [5.74, 6) is -0.239. The Labute approximate surface area is 180 Å². The third-order valence-electron chi connectivity index (χ3n) is 5.61. The fourth-order valence-corrected chi connectivity index (χ4v) is 4.36. The third kappa shape index (κ3) is 4.05. The van der Waals surface area contributed by atoms with Crippen LogP contribution >= 0.6 is 11.6 Å². The molecule has 2 unspecified atom stereocenters. The quantitative estimate of drug-likeness (QED) is 0.614. The van der Waals surface area contributed by atoms with Gasteiger partial charge in [0.1, 0.15) is 5.82 Å². The summed E-state index contributed by atoms with van der Waals surface area (Å²) in [6.45, 7) is 2.47. The fraction of sp³-hybridized carbons (Fsp3) is 0.348. The predicted molar refractivity (Wildman–Crippen MR) is 115 cm³/mol. The van der Waals surface area contributed by atoms with Crippen LogP contribution in [0, 0.1) is 5.92 Å². The summed E-state index contributed by atoms with van der Waals surface area (Å²) in [5.41, 5.74) is 2.81. The summed E-state index contributed by atoms with van der Waals surface area (Å²) in [6.07, 6.45) is 3.95. The van der Waals surface area contributed by atoms with Crippen molar-refractivity contribution in [1.29, 1.82) is 0 Å². The number of carbonyl (C=O) groups excluding carboxylic acids is 1. The summed E-state index contributed by atoms with van der Waals surface area (Å²) in [7, 11) is 0. The van der Waals surface area contributed by atoms with Gasteiger partial charge in [0.05, 0.1) is 17.3 Å². The van der Waals surface area contributed by atoms with Crippen molar-refractivity contribution in [1.82, 2.24) is 14.3 Å². The zero-order valence-electron chi connectivity index (χ0n) is 16.8. The van der Waals surface area contributed by atoms with E-state index in [1.165, 1.54) is 0 Å². The number of carboxylic acid groups (broad SMARTS) is 1. The molecule has 0 spiro atoms. The van der Waals surface area contributed by atoms with Crippen LogP contribution in [0.5, 0.6) is 0 Å². The molecule has 2 aromatic heterocycles. The summed E-state index contributed by atoms with van der Waals surface area (Å²) in [4.78, 5) is 30.7. The van der Waals surface area contributed by atoms with Crippen LogP contribution in [-0.2, 0) is 9.59 Å². The highest BCUT2D eigenvalue weighted by Gasteiger charge is 2.34. The van der Waals surface area contributed by atoms with E-state index in [1.807, 2.05) is 53.6 Å². The number of amides is 1. The van der Waals surface area contributed by atoms with Gasteiger partial charge in [-0.15, -0.1) is 0 Å². The van der Waals surface area contributed by atoms with E-state index in [9.17, 15) is 9.59 Å². The maximum atomic E-state index is 13.0. The lowest BCUT2D eigenvalue weighted by molar-refractivity contribution is -0.138. The highest BCUT2D eigenvalue weighted by atomic mass is 35.5. The van der Waals surface area contributed by atoms with Crippen LogP contribution in [0.1, 0.15) is 44.5 Å². The van der Waals surface area contributed by atoms with Crippen LogP contribution in [-0.4, -0.2) is 37.8 Å². The zero-order chi connectivity index (χ0) is 21.3. The number of aliphatic carboxylic acids is 1. The number of aromatic nitrogens is 2. The Morgan fingerprint density at radius 2 is 1.97 bits per heavy atom. The van der Waals surface area contributed by atoms with Crippen LogP contribution in [0.25, 0.3) is 16.8 Å². The molecule has 1 fully saturated rings. The van der Waals surface area contributed by atoms with Gasteiger partial charge in [-0.2, -0.15) is 0 Å². The normalized spacial score (nSPS) is 17.4. The van der Waals surface area contributed by atoms with E-state index in [2.05, 4.69) is 4.40 Å². The molecule has 0 bridgehead atoms. The number of hydrogen-bond donors (Lipinski definition) is 1. The molecule has 0 radical (unpaired) electrons. The number of hydrogen-bond acceptors (Lipinski definition) is 3. The molecule has 1 amide bonds. The molecule has 7 heteroatoms. The van der Waals surface area contributed by atoms with Gasteiger partial charge in [-0.25, -0.2) is 4.98 Å². The number of imidazole rings is 1. The second-order valence-electron chi connectivity index (χ2n) is 7.93. The Kier molecular flexibility index (Phi) is 5.77. The molecule has 0 aliphatic carbocycles. The molecule has 1 aromatic carbocycles. The highest BCUT2D eigenvalue weighted by Crippen LogP contribution is 2.36. The maximum Gasteiger partial charge on any atom is 0.303 e. The maximum absolute atomic E-state index is 13.0. The largest absolute Gasteiger partial charge is 0.481 e. The molecule has 1 N–H and O–H groups in total. The average Bonchev–Trinajstić information content (AvgIpc) is 3.32. The van der Waals surface area contributed by atoms with E-state index in [0.29, 0.717) is 11.6 Å². The van der Waals surface area contributed by atoms with Crippen molar-refractivity contribution < 1.29 is 14.7 Å². The van der Waals surface area contributed by atoms with Crippen LogP contribution < -0.4 is 0 Å². The molecule has 3 heterocycles. The first-order valence-corrected chi connectivity index (χ1v) is 10.6. The van der Waals surface area contributed by atoms with Gasteiger partial charge in [0.2, 0.25) is 5.91 Å². The smallest absolute Gasteiger partial charge is 0.303 e. The monoisotopic (exact) mass is 425 g/mol. The van der Waals surface area contributed by atoms with Crippen molar-refractivity contribution >= 4 is 29.0 Å². The topological polar surface area (TPSA) is 74.9 Å². The van der Waals surface area contributed by atoms with Crippen molar-refractivity contribution in [2.75, 3.05) is 6.54 Å². The lowest BCUT2D eigenvalue weighted by Crippen LogP contribution is -2.32. The van der Waals surface area contributed by atoms with E-state index in [4.69, 9.17) is 21.7 Å². The summed E-state index contributed by atoms with van der Waals surface area (Å²) in [5, 5.41) is 9.66. The molecule has 2 atom stereocenters. The zero-order valence-corrected chi connectivity index (χ0v) is 17.5. The van der Waals surface area contributed by atoms with E-state index in [1.54, 1.807) is 6.92 Å². The molecule has 1 saturated heterocycles. The van der Waals surface area contributed by atoms with Crippen molar-refractivity contribution in [3.05, 3.63) is 59.5 Å². The van der Waals surface area contributed by atoms with Crippen molar-refractivity contribution in [2.45, 2.75) is 38.6 Å². The van der Waals surface area contributed by atoms with Gasteiger partial charge < -0.3 is 14.4 Å². The van der Waals surface area contributed by atoms with Crippen LogP contribution in [0.2, 0.25) is 5.02 Å². The fourth-order valence-electron chi connectivity index (χ4n) is 4.24. The number of nitrogens with zero attached hydrogens (tertiary/aromatic N) is 3. The second kappa shape index (κ2) is 8.48. The summed E-state index contributed by atoms with van der Waals surface area (Å²) in [6, 6.07) is 13.4. The number of likely N-dealkylation sites (tertiary alicyclic amines) is 1. The molecule has 0 saturated carbocycles. The first-order chi connectivity index (χ1) is 14.4. The molecule has 3 aromatic rings. The number of carbonyl (C=O) groups is 2.